The molecule has 0 bridgehead atoms. The minimum absolute atomic E-state index is 0.0786. The molecule has 4 N–H and O–H groups in total. The normalized spacial score (nSPS) is 12.2. The van der Waals surface area contributed by atoms with Crippen LogP contribution < -0.4 is 21.1 Å². The van der Waals surface area contributed by atoms with Gasteiger partial charge in [0.2, 0.25) is 11.9 Å². The predicted molar refractivity (Wildman–Crippen MR) is 150 cm³/mol. The molecular weight excluding hydrogens is 554 g/mol. The molecule has 13 heteroatoms. The molecule has 2 heterocycles. The van der Waals surface area contributed by atoms with Crippen molar-refractivity contribution in [3.63, 3.8) is 0 Å². The van der Waals surface area contributed by atoms with E-state index in [1.54, 1.807) is 53.2 Å². The number of nitrogens with zero attached hydrogens (tertiary/aromatic N) is 3. The lowest BCUT2D eigenvalue weighted by atomic mass is 10.1. The fourth-order valence-corrected chi connectivity index (χ4v) is 4.93. The lowest BCUT2D eigenvalue weighted by Crippen LogP contribution is -2.27. The van der Waals surface area contributed by atoms with Crippen molar-refractivity contribution in [2.24, 2.45) is 5.73 Å². The summed E-state index contributed by atoms with van der Waals surface area (Å²) in [5, 5.41) is 10.2. The lowest BCUT2D eigenvalue weighted by molar-refractivity contribution is -0.117. The number of benzene rings is 3. The van der Waals surface area contributed by atoms with Crippen molar-refractivity contribution in [1.29, 1.82) is 0 Å². The second kappa shape index (κ2) is 10.9. The highest BCUT2D eigenvalue weighted by atomic mass is 32.2. The van der Waals surface area contributed by atoms with Crippen molar-refractivity contribution in [3.05, 3.63) is 96.2 Å². The average molecular weight is 579 g/mol. The van der Waals surface area contributed by atoms with E-state index in [0.29, 0.717) is 23.0 Å². The van der Waals surface area contributed by atoms with E-state index in [1.807, 2.05) is 6.07 Å². The Morgan fingerprint density at radius 2 is 1.66 bits per heavy atom. The fourth-order valence-electron chi connectivity index (χ4n) is 4.11. The fraction of sp³-hybridized carbons (Fsp3) is 0.107. The topological polar surface area (TPSA) is 141 Å². The second-order valence-corrected chi connectivity index (χ2v) is 11.1. The van der Waals surface area contributed by atoms with Crippen molar-refractivity contribution in [2.45, 2.75) is 10.9 Å². The number of ether oxygens (including phenoxy) is 1. The molecule has 0 aliphatic carbocycles. The number of rotatable bonds is 8. The molecule has 41 heavy (non-hydrogen) atoms. The molecule has 0 aliphatic rings. The predicted octanol–water partition coefficient (Wildman–Crippen LogP) is 4.47. The van der Waals surface area contributed by atoms with Gasteiger partial charge in [-0.25, -0.2) is 21.7 Å². The summed E-state index contributed by atoms with van der Waals surface area (Å²) in [5.74, 6) is -2.17. The van der Waals surface area contributed by atoms with E-state index in [2.05, 4.69) is 20.7 Å². The van der Waals surface area contributed by atoms with Crippen LogP contribution in [0.25, 0.3) is 16.8 Å². The average Bonchev–Trinajstić information content (AvgIpc) is 3.35. The number of aromatic nitrogens is 3. The number of pyridine rings is 1. The van der Waals surface area contributed by atoms with E-state index in [0.717, 1.165) is 29.5 Å². The number of sulfone groups is 1. The van der Waals surface area contributed by atoms with Gasteiger partial charge in [0.1, 0.15) is 16.7 Å². The van der Waals surface area contributed by atoms with Crippen LogP contribution in [0.3, 0.4) is 0 Å². The van der Waals surface area contributed by atoms with Gasteiger partial charge < -0.3 is 21.1 Å². The maximum Gasteiger partial charge on any atom is 0.247 e. The largest absolute Gasteiger partial charge is 0.495 e. The van der Waals surface area contributed by atoms with Crippen molar-refractivity contribution in [1.82, 2.24) is 14.6 Å². The summed E-state index contributed by atoms with van der Waals surface area (Å²) < 4.78 is 57.4. The Hall–Kier alpha value is -4.88. The zero-order chi connectivity index (χ0) is 29.3. The maximum absolute atomic E-state index is 13.5. The maximum atomic E-state index is 13.5. The number of anilines is 3. The summed E-state index contributed by atoms with van der Waals surface area (Å²) in [5.41, 5.74) is 9.32. The molecule has 0 radical (unpaired) electrons. The van der Waals surface area contributed by atoms with Crippen LogP contribution in [0.4, 0.5) is 26.1 Å². The van der Waals surface area contributed by atoms with Crippen LogP contribution >= 0.6 is 0 Å². The van der Waals surface area contributed by atoms with Crippen molar-refractivity contribution >= 4 is 38.7 Å². The summed E-state index contributed by atoms with van der Waals surface area (Å²) in [6, 6.07) is 17.1. The molecule has 5 rings (SSSR count). The zero-order valence-corrected chi connectivity index (χ0v) is 22.6. The van der Waals surface area contributed by atoms with Gasteiger partial charge >= 0.3 is 0 Å². The minimum atomic E-state index is -3.45. The minimum Gasteiger partial charge on any atom is -0.495 e. The lowest BCUT2D eigenvalue weighted by Gasteiger charge is -2.13. The quantitative estimate of drug-likeness (QED) is 0.245. The first kappa shape index (κ1) is 27.7. The van der Waals surface area contributed by atoms with E-state index < -0.39 is 33.4 Å². The SMILES string of the molecule is COc1cc(Nc2nc3ccc(-c4ccc(NC(=O)[C@@H](N)c5ccc(F)c(F)c5)cc4)cn3n2)ccc1S(C)(=O)=O. The number of methoxy groups -OCH3 is 1. The highest BCUT2D eigenvalue weighted by Gasteiger charge is 2.18. The summed E-state index contributed by atoms with van der Waals surface area (Å²) >= 11 is 0. The Morgan fingerprint density at radius 3 is 2.34 bits per heavy atom. The highest BCUT2D eigenvalue weighted by molar-refractivity contribution is 7.90. The third-order valence-electron chi connectivity index (χ3n) is 6.22. The van der Waals surface area contributed by atoms with Gasteiger partial charge in [-0.1, -0.05) is 18.2 Å². The first-order chi connectivity index (χ1) is 19.5. The number of hydrogen-bond donors (Lipinski definition) is 3. The van der Waals surface area contributed by atoms with E-state index in [-0.39, 0.29) is 16.2 Å². The molecule has 0 saturated heterocycles. The molecule has 10 nitrogen and oxygen atoms in total. The molecule has 1 atom stereocenters. The Bertz CT molecular complexity index is 1880. The van der Waals surface area contributed by atoms with Crippen LogP contribution in [-0.2, 0) is 14.6 Å². The molecule has 1 amide bonds. The standard InChI is InChI=1S/C28H24F2N6O4S/c1-40-23-14-20(9-11-24(23)41(2,38)39)33-28-34-25-12-6-18(15-36(25)35-28)16-3-7-19(8-4-16)32-27(37)26(31)17-5-10-21(29)22(30)13-17/h3-15,26H,31H2,1-2H3,(H,32,37)(H,33,35)/t26-/m0/s1. The van der Waals surface area contributed by atoms with E-state index in [9.17, 15) is 22.0 Å². The van der Waals surface area contributed by atoms with E-state index in [4.69, 9.17) is 10.5 Å². The van der Waals surface area contributed by atoms with Crippen molar-refractivity contribution in [2.75, 3.05) is 24.0 Å². The van der Waals surface area contributed by atoms with Crippen LogP contribution in [0, 0.1) is 11.6 Å². The Morgan fingerprint density at radius 1 is 0.951 bits per heavy atom. The molecule has 0 unspecified atom stereocenters. The third kappa shape index (κ3) is 6.00. The summed E-state index contributed by atoms with van der Waals surface area (Å²) in [7, 11) is -2.06. The smallest absolute Gasteiger partial charge is 0.247 e. The monoisotopic (exact) mass is 578 g/mol. The molecule has 0 aliphatic heterocycles. The van der Waals surface area contributed by atoms with Gasteiger partial charge in [0.05, 0.1) is 7.11 Å². The molecule has 5 aromatic rings. The number of hydrogen-bond acceptors (Lipinski definition) is 8. The molecular formula is C28H24F2N6O4S. The van der Waals surface area contributed by atoms with Crippen LogP contribution in [-0.4, -0.2) is 42.3 Å². The third-order valence-corrected chi connectivity index (χ3v) is 7.36. The van der Waals surface area contributed by atoms with Crippen LogP contribution in [0.15, 0.2) is 83.9 Å². The van der Waals surface area contributed by atoms with Gasteiger partial charge in [-0.05, 0) is 59.7 Å². The van der Waals surface area contributed by atoms with E-state index in [1.165, 1.54) is 19.2 Å². The van der Waals surface area contributed by atoms with Gasteiger partial charge in [-0.3, -0.25) is 4.79 Å². The number of halogens is 2. The van der Waals surface area contributed by atoms with Gasteiger partial charge in [0.25, 0.3) is 0 Å². The van der Waals surface area contributed by atoms with E-state index >= 15 is 0 Å². The van der Waals surface area contributed by atoms with Gasteiger partial charge in [0.15, 0.2) is 27.1 Å². The molecule has 0 fully saturated rings. The Balaban J connectivity index is 1.29. The van der Waals surface area contributed by atoms with Crippen LogP contribution in [0.1, 0.15) is 11.6 Å². The Labute approximate surface area is 233 Å². The summed E-state index contributed by atoms with van der Waals surface area (Å²) in [6.45, 7) is 0. The number of amides is 1. The number of carbonyl (C=O) groups is 1. The molecule has 210 valence electrons. The summed E-state index contributed by atoms with van der Waals surface area (Å²) in [4.78, 5) is 17.1. The van der Waals surface area contributed by atoms with Crippen molar-refractivity contribution in [3.8, 4) is 16.9 Å². The van der Waals surface area contributed by atoms with Gasteiger partial charge in [-0.2, -0.15) is 4.98 Å². The summed E-state index contributed by atoms with van der Waals surface area (Å²) in [6.07, 6.45) is 2.89. The second-order valence-electron chi connectivity index (χ2n) is 9.14. The molecule has 0 saturated carbocycles. The number of nitrogens with one attached hydrogen (secondary N) is 2. The highest BCUT2D eigenvalue weighted by Crippen LogP contribution is 2.29. The molecule has 0 spiro atoms. The zero-order valence-electron chi connectivity index (χ0n) is 21.8. The Kier molecular flexibility index (Phi) is 7.39. The molecule has 2 aromatic heterocycles. The number of carbonyl (C=O) groups excluding carboxylic acids is 1. The van der Waals surface area contributed by atoms with Crippen LogP contribution in [0.5, 0.6) is 5.75 Å². The van der Waals surface area contributed by atoms with Gasteiger partial charge in [0, 0.05) is 35.5 Å². The van der Waals surface area contributed by atoms with Crippen LogP contribution in [0.2, 0.25) is 0 Å². The molecule has 3 aromatic carbocycles. The van der Waals surface area contributed by atoms with Gasteiger partial charge in [-0.15, -0.1) is 5.10 Å². The van der Waals surface area contributed by atoms with Crippen molar-refractivity contribution < 1.29 is 26.7 Å². The number of nitrogens with two attached hydrogens (primary N) is 1. The number of fused-ring (bicyclic) bond motifs is 1. The first-order valence-electron chi connectivity index (χ1n) is 12.2. The first-order valence-corrected chi connectivity index (χ1v) is 14.0.